The Labute approximate surface area is 98.4 Å². The van der Waals surface area contributed by atoms with Crippen LogP contribution in [0.15, 0.2) is 18.2 Å². The maximum Gasteiger partial charge on any atom is 0.271 e. The second-order valence-corrected chi connectivity index (χ2v) is 3.94. The van der Waals surface area contributed by atoms with Gasteiger partial charge in [-0.25, -0.2) is 0 Å². The van der Waals surface area contributed by atoms with Crippen LogP contribution in [-0.2, 0) is 0 Å². The van der Waals surface area contributed by atoms with E-state index in [1.807, 2.05) is 6.92 Å². The molecule has 88 valence electrons. The number of non-ortho nitro benzene ring substituents is 1. The summed E-state index contributed by atoms with van der Waals surface area (Å²) in [5.41, 5.74) is 0.618. The van der Waals surface area contributed by atoms with E-state index in [-0.39, 0.29) is 18.3 Å². The van der Waals surface area contributed by atoms with Crippen molar-refractivity contribution in [2.24, 2.45) is 0 Å². The molecular weight excluding hydrogens is 232 g/mol. The zero-order chi connectivity index (χ0) is 12.3. The van der Waals surface area contributed by atoms with Gasteiger partial charge in [0.2, 0.25) is 0 Å². The maximum atomic E-state index is 10.5. The number of nitro benzene ring substituents is 1. The van der Waals surface area contributed by atoms with Gasteiger partial charge >= 0.3 is 0 Å². The molecule has 0 amide bonds. The standard InChI is InChI=1S/C10H13ClN2O3/c1-7(6-14)12(2)10-4-3-8(13(15)16)5-9(10)11/h3-5,7,14H,6H2,1-2H3. The van der Waals surface area contributed by atoms with Gasteiger partial charge in [0.05, 0.1) is 22.2 Å². The number of nitro groups is 1. The number of benzene rings is 1. The van der Waals surface area contributed by atoms with Crippen LogP contribution in [0.2, 0.25) is 5.02 Å². The zero-order valence-corrected chi connectivity index (χ0v) is 9.81. The van der Waals surface area contributed by atoms with E-state index in [4.69, 9.17) is 16.7 Å². The number of nitrogens with zero attached hydrogens (tertiary/aromatic N) is 2. The quantitative estimate of drug-likeness (QED) is 0.650. The summed E-state index contributed by atoms with van der Waals surface area (Å²) in [5.74, 6) is 0. The SMILES string of the molecule is CC(CO)N(C)c1ccc([N+](=O)[O-])cc1Cl. The van der Waals surface area contributed by atoms with Gasteiger partial charge in [-0.15, -0.1) is 0 Å². The first-order valence-corrected chi connectivity index (χ1v) is 5.12. The highest BCUT2D eigenvalue weighted by Crippen LogP contribution is 2.29. The van der Waals surface area contributed by atoms with Crippen LogP contribution < -0.4 is 4.90 Å². The summed E-state index contributed by atoms with van der Waals surface area (Å²) in [6, 6.07) is 4.17. The number of hydrogen-bond acceptors (Lipinski definition) is 4. The summed E-state index contributed by atoms with van der Waals surface area (Å²) in [7, 11) is 1.77. The number of aliphatic hydroxyl groups is 1. The Balaban J connectivity index is 3.03. The molecule has 0 aliphatic heterocycles. The lowest BCUT2D eigenvalue weighted by atomic mass is 10.2. The molecule has 0 saturated carbocycles. The van der Waals surface area contributed by atoms with Crippen LogP contribution in [0, 0.1) is 10.1 Å². The van der Waals surface area contributed by atoms with Gasteiger partial charge in [0.25, 0.3) is 5.69 Å². The van der Waals surface area contributed by atoms with Crippen molar-refractivity contribution in [2.45, 2.75) is 13.0 Å². The average Bonchev–Trinajstić information content (AvgIpc) is 2.26. The van der Waals surface area contributed by atoms with Gasteiger partial charge in [0, 0.05) is 25.2 Å². The third-order valence-corrected chi connectivity index (χ3v) is 2.75. The van der Waals surface area contributed by atoms with Crippen LogP contribution in [0.3, 0.4) is 0 Å². The number of hydrogen-bond donors (Lipinski definition) is 1. The van der Waals surface area contributed by atoms with Crippen molar-refractivity contribution in [3.63, 3.8) is 0 Å². The molecule has 16 heavy (non-hydrogen) atoms. The molecule has 1 unspecified atom stereocenters. The topological polar surface area (TPSA) is 66.6 Å². The van der Waals surface area contributed by atoms with Crippen molar-refractivity contribution in [3.8, 4) is 0 Å². The molecule has 0 spiro atoms. The molecule has 0 aromatic heterocycles. The molecule has 1 rings (SSSR count). The minimum Gasteiger partial charge on any atom is -0.394 e. The molecule has 0 heterocycles. The first-order valence-electron chi connectivity index (χ1n) is 4.75. The van der Waals surface area contributed by atoms with Crippen molar-refractivity contribution in [1.82, 2.24) is 0 Å². The molecule has 1 N–H and O–H groups in total. The molecule has 6 heteroatoms. The number of likely N-dealkylation sites (N-methyl/N-ethyl adjacent to an activating group) is 1. The molecule has 0 radical (unpaired) electrons. The van der Waals surface area contributed by atoms with Crippen molar-refractivity contribution in [2.75, 3.05) is 18.6 Å². The van der Waals surface area contributed by atoms with Gasteiger partial charge in [-0.05, 0) is 13.0 Å². The highest BCUT2D eigenvalue weighted by Gasteiger charge is 2.15. The van der Waals surface area contributed by atoms with Crippen molar-refractivity contribution in [3.05, 3.63) is 33.3 Å². The van der Waals surface area contributed by atoms with Crippen LogP contribution in [0.5, 0.6) is 0 Å². The first kappa shape index (κ1) is 12.7. The second-order valence-electron chi connectivity index (χ2n) is 3.54. The Morgan fingerprint density at radius 3 is 2.69 bits per heavy atom. The molecule has 0 aliphatic carbocycles. The first-order chi connectivity index (χ1) is 7.47. The second kappa shape index (κ2) is 5.14. The van der Waals surface area contributed by atoms with Crippen LogP contribution in [0.4, 0.5) is 11.4 Å². The lowest BCUT2D eigenvalue weighted by molar-refractivity contribution is -0.384. The normalized spacial score (nSPS) is 12.2. The van der Waals surface area contributed by atoms with E-state index >= 15 is 0 Å². The highest BCUT2D eigenvalue weighted by molar-refractivity contribution is 6.33. The lowest BCUT2D eigenvalue weighted by Crippen LogP contribution is -2.31. The van der Waals surface area contributed by atoms with E-state index in [0.717, 1.165) is 0 Å². The molecule has 0 fully saturated rings. The largest absolute Gasteiger partial charge is 0.394 e. The minimum absolute atomic E-state index is 0.0101. The average molecular weight is 245 g/mol. The van der Waals surface area contributed by atoms with E-state index in [0.29, 0.717) is 10.7 Å². The summed E-state index contributed by atoms with van der Waals surface area (Å²) < 4.78 is 0. The fourth-order valence-electron chi connectivity index (χ4n) is 1.26. The van der Waals surface area contributed by atoms with E-state index in [2.05, 4.69) is 0 Å². The van der Waals surface area contributed by atoms with Crippen molar-refractivity contribution < 1.29 is 10.0 Å². The Hall–Kier alpha value is -1.33. The molecule has 0 aliphatic rings. The Morgan fingerprint density at radius 2 is 2.25 bits per heavy atom. The van der Waals surface area contributed by atoms with Gasteiger partial charge in [-0.1, -0.05) is 11.6 Å². The zero-order valence-electron chi connectivity index (χ0n) is 9.05. The fourth-order valence-corrected chi connectivity index (χ4v) is 1.56. The predicted molar refractivity (Wildman–Crippen MR) is 63.1 cm³/mol. The summed E-state index contributed by atoms with van der Waals surface area (Å²) in [6.07, 6.45) is 0. The van der Waals surface area contributed by atoms with Crippen molar-refractivity contribution >= 4 is 23.0 Å². The number of anilines is 1. The summed E-state index contributed by atoms with van der Waals surface area (Å²) in [6.45, 7) is 1.82. The van der Waals surface area contributed by atoms with E-state index in [1.165, 1.54) is 12.1 Å². The van der Waals surface area contributed by atoms with E-state index < -0.39 is 4.92 Å². The Kier molecular flexibility index (Phi) is 4.09. The molecule has 1 atom stereocenters. The number of aliphatic hydroxyl groups excluding tert-OH is 1. The third kappa shape index (κ3) is 2.62. The Bertz CT molecular complexity index is 398. The fraction of sp³-hybridized carbons (Fsp3) is 0.400. The molecule has 0 bridgehead atoms. The molecule has 5 nitrogen and oxygen atoms in total. The maximum absolute atomic E-state index is 10.5. The smallest absolute Gasteiger partial charge is 0.271 e. The van der Waals surface area contributed by atoms with Crippen LogP contribution >= 0.6 is 11.6 Å². The molecule has 1 aromatic carbocycles. The monoisotopic (exact) mass is 244 g/mol. The summed E-state index contributed by atoms with van der Waals surface area (Å²) in [4.78, 5) is 11.8. The third-order valence-electron chi connectivity index (χ3n) is 2.45. The molecular formula is C10H13ClN2O3. The van der Waals surface area contributed by atoms with E-state index in [1.54, 1.807) is 18.0 Å². The van der Waals surface area contributed by atoms with Gasteiger partial charge in [0.1, 0.15) is 0 Å². The number of rotatable bonds is 4. The lowest BCUT2D eigenvalue weighted by Gasteiger charge is -2.26. The van der Waals surface area contributed by atoms with Gasteiger partial charge < -0.3 is 10.0 Å². The summed E-state index contributed by atoms with van der Waals surface area (Å²) in [5, 5.41) is 19.8. The molecule has 1 aromatic rings. The van der Waals surface area contributed by atoms with Crippen LogP contribution in [-0.4, -0.2) is 29.7 Å². The van der Waals surface area contributed by atoms with Gasteiger partial charge in [-0.2, -0.15) is 0 Å². The minimum atomic E-state index is -0.495. The van der Waals surface area contributed by atoms with E-state index in [9.17, 15) is 10.1 Å². The van der Waals surface area contributed by atoms with Crippen molar-refractivity contribution in [1.29, 1.82) is 0 Å². The Morgan fingerprint density at radius 1 is 1.62 bits per heavy atom. The molecule has 0 saturated heterocycles. The van der Waals surface area contributed by atoms with Gasteiger partial charge in [-0.3, -0.25) is 10.1 Å². The van der Waals surface area contributed by atoms with Crippen LogP contribution in [0.1, 0.15) is 6.92 Å². The van der Waals surface area contributed by atoms with Gasteiger partial charge in [0.15, 0.2) is 0 Å². The van der Waals surface area contributed by atoms with Crippen LogP contribution in [0.25, 0.3) is 0 Å². The summed E-state index contributed by atoms with van der Waals surface area (Å²) >= 11 is 5.94. The predicted octanol–water partition coefficient (Wildman–Crippen LogP) is 2.07. The number of halogens is 1. The highest BCUT2D eigenvalue weighted by atomic mass is 35.5.